The van der Waals surface area contributed by atoms with Crippen molar-refractivity contribution in [1.82, 2.24) is 0 Å². The van der Waals surface area contributed by atoms with E-state index in [0.29, 0.717) is 5.78 Å². The van der Waals surface area contributed by atoms with Gasteiger partial charge in [0.25, 0.3) is 0 Å². The molecule has 1 rings (SSSR count). The maximum Gasteiger partial charge on any atom is 0.132 e. The van der Waals surface area contributed by atoms with E-state index in [4.69, 9.17) is 0 Å². The molecule has 0 N–H and O–H groups in total. The summed E-state index contributed by atoms with van der Waals surface area (Å²) >= 11 is 0. The summed E-state index contributed by atoms with van der Waals surface area (Å²) in [6.07, 6.45) is 4.49. The third kappa shape index (κ3) is 4.78. The second-order valence-corrected chi connectivity index (χ2v) is 4.24. The van der Waals surface area contributed by atoms with Crippen molar-refractivity contribution in [1.29, 1.82) is 0 Å². The predicted octanol–water partition coefficient (Wildman–Crippen LogP) is 3.62. The molecule has 0 radical (unpaired) electrons. The van der Waals surface area contributed by atoms with Crippen LogP contribution in [0.2, 0.25) is 0 Å². The highest BCUT2D eigenvalue weighted by atomic mass is 16.1. The standard InChI is InChI=1S/C14H20O/c1-12(13(2)15)8-6-7-11-14-9-4-3-5-10-14/h3-5,9-10,12H,6-8,11H2,1-2H3. The molecule has 1 aromatic carbocycles. The quantitative estimate of drug-likeness (QED) is 0.647. The Morgan fingerprint density at radius 3 is 2.47 bits per heavy atom. The zero-order valence-electron chi connectivity index (χ0n) is 9.70. The van der Waals surface area contributed by atoms with Crippen LogP contribution in [0.1, 0.15) is 38.7 Å². The molecule has 0 aromatic heterocycles. The number of ketones is 1. The van der Waals surface area contributed by atoms with Crippen LogP contribution >= 0.6 is 0 Å². The number of carbonyl (C=O) groups is 1. The van der Waals surface area contributed by atoms with Gasteiger partial charge in [-0.05, 0) is 31.7 Å². The molecule has 0 bridgehead atoms. The largest absolute Gasteiger partial charge is 0.300 e. The Morgan fingerprint density at radius 2 is 1.87 bits per heavy atom. The zero-order chi connectivity index (χ0) is 11.1. The highest BCUT2D eigenvalue weighted by Gasteiger charge is 2.06. The van der Waals surface area contributed by atoms with Crippen molar-refractivity contribution < 1.29 is 4.79 Å². The molecular weight excluding hydrogens is 184 g/mol. The van der Waals surface area contributed by atoms with Gasteiger partial charge in [0.05, 0.1) is 0 Å². The molecule has 0 saturated carbocycles. The molecule has 15 heavy (non-hydrogen) atoms. The van der Waals surface area contributed by atoms with Gasteiger partial charge < -0.3 is 0 Å². The minimum atomic E-state index is 0.237. The lowest BCUT2D eigenvalue weighted by molar-refractivity contribution is -0.120. The molecule has 1 heteroatoms. The van der Waals surface area contributed by atoms with Gasteiger partial charge in [-0.15, -0.1) is 0 Å². The van der Waals surface area contributed by atoms with E-state index < -0.39 is 0 Å². The monoisotopic (exact) mass is 204 g/mol. The van der Waals surface area contributed by atoms with Gasteiger partial charge in [-0.25, -0.2) is 0 Å². The summed E-state index contributed by atoms with van der Waals surface area (Å²) in [5.74, 6) is 0.551. The van der Waals surface area contributed by atoms with E-state index in [9.17, 15) is 4.79 Å². The fourth-order valence-corrected chi connectivity index (χ4v) is 1.63. The van der Waals surface area contributed by atoms with Crippen LogP contribution in [0.4, 0.5) is 0 Å². The van der Waals surface area contributed by atoms with E-state index in [0.717, 1.165) is 19.3 Å². The first kappa shape index (κ1) is 12.0. The maximum absolute atomic E-state index is 11.0. The molecule has 1 nitrogen and oxygen atoms in total. The van der Waals surface area contributed by atoms with Crippen LogP contribution in [0.25, 0.3) is 0 Å². The van der Waals surface area contributed by atoms with Gasteiger partial charge in [0.1, 0.15) is 5.78 Å². The van der Waals surface area contributed by atoms with Crippen LogP contribution in [-0.4, -0.2) is 5.78 Å². The molecule has 0 heterocycles. The van der Waals surface area contributed by atoms with E-state index in [-0.39, 0.29) is 5.92 Å². The number of unbranched alkanes of at least 4 members (excludes halogenated alkanes) is 1. The normalized spacial score (nSPS) is 12.4. The Hall–Kier alpha value is -1.11. The van der Waals surface area contributed by atoms with Crippen LogP contribution in [0.5, 0.6) is 0 Å². The van der Waals surface area contributed by atoms with Crippen molar-refractivity contribution in [2.45, 2.75) is 39.5 Å². The Bertz CT molecular complexity index is 289. The van der Waals surface area contributed by atoms with Crippen LogP contribution in [0, 0.1) is 5.92 Å². The van der Waals surface area contributed by atoms with E-state index in [1.165, 1.54) is 12.0 Å². The van der Waals surface area contributed by atoms with Gasteiger partial charge >= 0.3 is 0 Å². The number of carbonyl (C=O) groups excluding carboxylic acids is 1. The lowest BCUT2D eigenvalue weighted by atomic mass is 9.98. The molecule has 0 aliphatic carbocycles. The van der Waals surface area contributed by atoms with Crippen molar-refractivity contribution in [2.24, 2.45) is 5.92 Å². The Labute approximate surface area is 92.5 Å². The molecule has 0 aliphatic rings. The van der Waals surface area contributed by atoms with Crippen molar-refractivity contribution in [3.05, 3.63) is 35.9 Å². The summed E-state index contributed by atoms with van der Waals surface area (Å²) < 4.78 is 0. The molecule has 1 unspecified atom stereocenters. The SMILES string of the molecule is CC(=O)C(C)CCCCc1ccccc1. The lowest BCUT2D eigenvalue weighted by Crippen LogP contribution is -2.05. The second-order valence-electron chi connectivity index (χ2n) is 4.24. The van der Waals surface area contributed by atoms with Gasteiger partial charge in [-0.1, -0.05) is 43.7 Å². The predicted molar refractivity (Wildman–Crippen MR) is 63.8 cm³/mol. The van der Waals surface area contributed by atoms with Crippen molar-refractivity contribution in [3.8, 4) is 0 Å². The van der Waals surface area contributed by atoms with Crippen molar-refractivity contribution in [3.63, 3.8) is 0 Å². The van der Waals surface area contributed by atoms with E-state index in [1.54, 1.807) is 6.92 Å². The highest BCUT2D eigenvalue weighted by Crippen LogP contribution is 2.11. The summed E-state index contributed by atoms with van der Waals surface area (Å²) in [5, 5.41) is 0. The minimum Gasteiger partial charge on any atom is -0.300 e. The van der Waals surface area contributed by atoms with Crippen LogP contribution < -0.4 is 0 Å². The summed E-state index contributed by atoms with van der Waals surface area (Å²) in [6.45, 7) is 3.70. The lowest BCUT2D eigenvalue weighted by Gasteiger charge is -2.06. The molecule has 0 fully saturated rings. The smallest absolute Gasteiger partial charge is 0.132 e. The van der Waals surface area contributed by atoms with Gasteiger partial charge in [-0.3, -0.25) is 4.79 Å². The van der Waals surface area contributed by atoms with Gasteiger partial charge in [-0.2, -0.15) is 0 Å². The summed E-state index contributed by atoms with van der Waals surface area (Å²) in [7, 11) is 0. The molecule has 1 atom stereocenters. The van der Waals surface area contributed by atoms with Gasteiger partial charge in [0.15, 0.2) is 0 Å². The molecular formula is C14H20O. The van der Waals surface area contributed by atoms with Crippen molar-refractivity contribution >= 4 is 5.78 Å². The number of hydrogen-bond donors (Lipinski definition) is 0. The summed E-state index contributed by atoms with van der Waals surface area (Å²) in [6, 6.07) is 10.5. The van der Waals surface area contributed by atoms with Crippen LogP contribution in [0.3, 0.4) is 0 Å². The summed E-state index contributed by atoms with van der Waals surface area (Å²) in [4.78, 5) is 11.0. The Kier molecular flexibility index (Phi) is 5.09. The first-order valence-corrected chi connectivity index (χ1v) is 5.74. The first-order valence-electron chi connectivity index (χ1n) is 5.74. The Balaban J connectivity index is 2.15. The van der Waals surface area contributed by atoms with Crippen molar-refractivity contribution in [2.75, 3.05) is 0 Å². The molecule has 0 amide bonds. The van der Waals surface area contributed by atoms with Crippen LogP contribution in [-0.2, 0) is 11.2 Å². The summed E-state index contributed by atoms with van der Waals surface area (Å²) in [5.41, 5.74) is 1.40. The Morgan fingerprint density at radius 1 is 1.20 bits per heavy atom. The number of benzene rings is 1. The zero-order valence-corrected chi connectivity index (χ0v) is 9.70. The minimum absolute atomic E-state index is 0.237. The highest BCUT2D eigenvalue weighted by molar-refractivity contribution is 5.77. The van der Waals surface area contributed by atoms with Gasteiger partial charge in [0, 0.05) is 5.92 Å². The molecule has 0 aliphatic heterocycles. The number of rotatable bonds is 6. The number of hydrogen-bond acceptors (Lipinski definition) is 1. The first-order chi connectivity index (χ1) is 7.20. The topological polar surface area (TPSA) is 17.1 Å². The fraction of sp³-hybridized carbons (Fsp3) is 0.500. The fourth-order valence-electron chi connectivity index (χ4n) is 1.63. The van der Waals surface area contributed by atoms with E-state index in [2.05, 4.69) is 24.3 Å². The number of Topliss-reactive ketones (excluding diaryl/α,β-unsaturated/α-hetero) is 1. The maximum atomic E-state index is 11.0. The molecule has 0 saturated heterocycles. The third-order valence-electron chi connectivity index (χ3n) is 2.89. The third-order valence-corrected chi connectivity index (χ3v) is 2.89. The molecule has 1 aromatic rings. The molecule has 82 valence electrons. The average Bonchev–Trinajstić information content (AvgIpc) is 2.25. The number of aryl methyl sites for hydroxylation is 1. The average molecular weight is 204 g/mol. The molecule has 0 spiro atoms. The second kappa shape index (κ2) is 6.39. The van der Waals surface area contributed by atoms with E-state index >= 15 is 0 Å². The van der Waals surface area contributed by atoms with Crippen LogP contribution in [0.15, 0.2) is 30.3 Å². The van der Waals surface area contributed by atoms with Gasteiger partial charge in [0.2, 0.25) is 0 Å². The van der Waals surface area contributed by atoms with E-state index in [1.807, 2.05) is 13.0 Å².